The zero-order chi connectivity index (χ0) is 27.9. The van der Waals surface area contributed by atoms with E-state index in [1.807, 2.05) is 11.8 Å². The van der Waals surface area contributed by atoms with Crippen molar-refractivity contribution in [2.75, 3.05) is 50.9 Å². The second-order valence-corrected chi connectivity index (χ2v) is 14.0. The molecule has 16 heteroatoms. The maximum absolute atomic E-state index is 13.4. The molecule has 1 spiro atoms. The van der Waals surface area contributed by atoms with Crippen LogP contribution in [0.2, 0.25) is 0 Å². The van der Waals surface area contributed by atoms with Crippen LogP contribution < -0.4 is 9.62 Å². The van der Waals surface area contributed by atoms with Crippen LogP contribution in [0.1, 0.15) is 32.6 Å². The number of carbonyl (C=O) groups excluding carboxylic acids is 1. The third-order valence-electron chi connectivity index (χ3n) is 7.97. The van der Waals surface area contributed by atoms with E-state index in [0.29, 0.717) is 55.4 Å². The fourth-order valence-corrected chi connectivity index (χ4v) is 7.59. The van der Waals surface area contributed by atoms with E-state index in [1.54, 1.807) is 17.2 Å². The van der Waals surface area contributed by atoms with Crippen molar-refractivity contribution >= 4 is 38.5 Å². The molecule has 1 unspecified atom stereocenters. The van der Waals surface area contributed by atoms with E-state index in [4.69, 9.17) is 9.47 Å². The summed E-state index contributed by atoms with van der Waals surface area (Å²) < 4.78 is 68.8. The van der Waals surface area contributed by atoms with E-state index in [-0.39, 0.29) is 41.6 Å². The van der Waals surface area contributed by atoms with Crippen LogP contribution in [-0.2, 0) is 24.3 Å². The molecule has 0 bridgehead atoms. The number of imidazole rings is 1. The lowest BCUT2D eigenvalue weighted by atomic mass is 9.78. The average molecular weight is 598 g/mol. The molecular formula is C24H29F2N7O5S2. The third-order valence-corrected chi connectivity index (χ3v) is 10.5. The number of fused-ring (bicyclic) bond motifs is 1. The van der Waals surface area contributed by atoms with Crippen molar-refractivity contribution in [1.29, 1.82) is 0 Å². The molecular weight excluding hydrogens is 568 g/mol. The van der Waals surface area contributed by atoms with Crippen molar-refractivity contribution < 1.29 is 32.9 Å². The lowest BCUT2D eigenvalue weighted by Gasteiger charge is -2.55. The van der Waals surface area contributed by atoms with Crippen LogP contribution in [0.25, 0.3) is 16.3 Å². The van der Waals surface area contributed by atoms with Crippen LogP contribution in [-0.4, -0.2) is 96.4 Å². The first-order valence-electron chi connectivity index (χ1n) is 13.0. The van der Waals surface area contributed by atoms with Crippen molar-refractivity contribution in [3.63, 3.8) is 0 Å². The molecule has 1 N–H and O–H groups in total. The van der Waals surface area contributed by atoms with Gasteiger partial charge in [0.1, 0.15) is 4.90 Å². The second kappa shape index (κ2) is 9.11. The monoisotopic (exact) mass is 597 g/mol. The third kappa shape index (κ3) is 4.45. The van der Waals surface area contributed by atoms with Gasteiger partial charge in [0, 0.05) is 32.8 Å². The summed E-state index contributed by atoms with van der Waals surface area (Å²) in [5.41, 5.74) is 0.651. The summed E-state index contributed by atoms with van der Waals surface area (Å²) in [5, 5.41) is 7.12. The van der Waals surface area contributed by atoms with Crippen molar-refractivity contribution in [3.05, 3.63) is 23.5 Å². The molecule has 1 atom stereocenters. The van der Waals surface area contributed by atoms with Crippen LogP contribution in [0.3, 0.4) is 0 Å². The Morgan fingerprint density at radius 1 is 1.27 bits per heavy atom. The number of likely N-dealkylation sites (tertiary alicyclic amines) is 1. The molecule has 3 aliphatic heterocycles. The number of nitrogens with zero attached hydrogens (tertiary/aromatic N) is 6. The Kier molecular flexibility index (Phi) is 5.95. The van der Waals surface area contributed by atoms with E-state index in [0.717, 1.165) is 12.8 Å². The SMILES string of the molecule is CC1(NS(=O)(=O)c2cc(N3CCOC(C(=O)N4CC5(COC5)C4)C3)c3cnc(-c4nnc(C(F)F)s4)n3c2)CC1.[HH]. The van der Waals surface area contributed by atoms with Gasteiger partial charge in [-0.15, -0.1) is 10.2 Å². The van der Waals surface area contributed by atoms with Gasteiger partial charge in [0.05, 0.1) is 49.2 Å². The highest BCUT2D eigenvalue weighted by atomic mass is 32.2. The van der Waals surface area contributed by atoms with Gasteiger partial charge in [-0.3, -0.25) is 9.20 Å². The predicted octanol–water partition coefficient (Wildman–Crippen LogP) is 1.93. The van der Waals surface area contributed by atoms with Crippen LogP contribution in [0, 0.1) is 5.41 Å². The minimum Gasteiger partial charge on any atom is -0.380 e. The molecule has 3 aromatic rings. The first kappa shape index (κ1) is 26.1. The molecule has 0 aromatic carbocycles. The van der Waals surface area contributed by atoms with Gasteiger partial charge in [0.15, 0.2) is 21.9 Å². The largest absolute Gasteiger partial charge is 0.380 e. The Labute approximate surface area is 233 Å². The summed E-state index contributed by atoms with van der Waals surface area (Å²) in [6.45, 7) is 5.36. The van der Waals surface area contributed by atoms with Gasteiger partial charge in [-0.25, -0.2) is 26.9 Å². The number of anilines is 1. The van der Waals surface area contributed by atoms with Crippen LogP contribution >= 0.6 is 11.3 Å². The number of ether oxygens (including phenoxy) is 2. The normalized spacial score (nSPS) is 23.4. The maximum atomic E-state index is 13.4. The molecule has 216 valence electrons. The molecule has 7 rings (SSSR count). The van der Waals surface area contributed by atoms with Crippen molar-refractivity contribution in [1.82, 2.24) is 29.2 Å². The lowest BCUT2D eigenvalue weighted by Crippen LogP contribution is -2.69. The molecule has 40 heavy (non-hydrogen) atoms. The summed E-state index contributed by atoms with van der Waals surface area (Å²) >= 11 is 0.698. The molecule has 1 saturated carbocycles. The molecule has 1 aliphatic carbocycles. The van der Waals surface area contributed by atoms with Crippen LogP contribution in [0.5, 0.6) is 0 Å². The minimum absolute atomic E-state index is 0. The van der Waals surface area contributed by atoms with Gasteiger partial charge < -0.3 is 19.3 Å². The number of sulfonamides is 1. The summed E-state index contributed by atoms with van der Waals surface area (Å²) in [4.78, 5) is 21.3. The molecule has 4 aliphatic rings. The molecule has 3 saturated heterocycles. The lowest BCUT2D eigenvalue weighted by molar-refractivity contribution is -0.201. The Morgan fingerprint density at radius 2 is 2.05 bits per heavy atom. The zero-order valence-corrected chi connectivity index (χ0v) is 23.2. The molecule has 4 fully saturated rings. The van der Waals surface area contributed by atoms with Crippen molar-refractivity contribution in [3.8, 4) is 10.8 Å². The Balaban J connectivity index is 0.00000302. The Hall–Kier alpha value is -2.79. The quantitative estimate of drug-likeness (QED) is 0.434. The number of carbonyl (C=O) groups is 1. The molecule has 0 radical (unpaired) electrons. The summed E-state index contributed by atoms with van der Waals surface area (Å²) in [5.74, 6) is 0.0951. The smallest absolute Gasteiger partial charge is 0.291 e. The van der Waals surface area contributed by atoms with E-state index in [2.05, 4.69) is 19.9 Å². The van der Waals surface area contributed by atoms with Crippen molar-refractivity contribution in [2.24, 2.45) is 5.41 Å². The summed E-state index contributed by atoms with van der Waals surface area (Å²) in [6, 6.07) is 1.57. The molecule has 6 heterocycles. The number of nitrogens with one attached hydrogen (secondary N) is 1. The highest BCUT2D eigenvalue weighted by Crippen LogP contribution is 2.39. The number of hydrogen-bond donors (Lipinski definition) is 1. The first-order valence-corrected chi connectivity index (χ1v) is 15.2. The van der Waals surface area contributed by atoms with Gasteiger partial charge in [-0.2, -0.15) is 0 Å². The zero-order valence-electron chi connectivity index (χ0n) is 21.5. The number of halogens is 2. The Bertz CT molecular complexity index is 1600. The molecule has 12 nitrogen and oxygen atoms in total. The number of hydrogen-bond acceptors (Lipinski definition) is 10. The van der Waals surface area contributed by atoms with Gasteiger partial charge >= 0.3 is 0 Å². The van der Waals surface area contributed by atoms with E-state index >= 15 is 0 Å². The average Bonchev–Trinajstić information content (AvgIpc) is 3.25. The molecule has 3 aromatic heterocycles. The first-order chi connectivity index (χ1) is 19.0. The topological polar surface area (TPSA) is 131 Å². The summed E-state index contributed by atoms with van der Waals surface area (Å²) in [6.07, 6.45) is 0.930. The van der Waals surface area contributed by atoms with E-state index < -0.39 is 33.1 Å². The van der Waals surface area contributed by atoms with Crippen LogP contribution in [0.4, 0.5) is 14.5 Å². The van der Waals surface area contributed by atoms with Crippen LogP contribution in [0.15, 0.2) is 23.4 Å². The Morgan fingerprint density at radius 3 is 2.70 bits per heavy atom. The van der Waals surface area contributed by atoms with Gasteiger partial charge in [0.25, 0.3) is 12.3 Å². The molecule has 1 amide bonds. The van der Waals surface area contributed by atoms with Crippen molar-refractivity contribution in [2.45, 2.75) is 42.7 Å². The van der Waals surface area contributed by atoms with Gasteiger partial charge in [-0.1, -0.05) is 11.3 Å². The fraction of sp³-hybridized carbons (Fsp3) is 0.583. The standard InChI is InChI=1S/C24H27F2N7O5S2.H2/c1-23(2-3-23)30-40(35,36)14-6-15(16-7-27-19(33(16)8-14)21-29-28-20(39-21)18(25)26)31-4-5-38-17(9-31)22(34)32-10-24(11-32)12-37-13-24;/h6-8,17-18,30H,2-5,9-13H2,1H3;1H. The number of morpholine rings is 1. The number of amides is 1. The van der Waals surface area contributed by atoms with Gasteiger partial charge in [0.2, 0.25) is 10.0 Å². The summed E-state index contributed by atoms with van der Waals surface area (Å²) in [7, 11) is -3.94. The number of aromatic nitrogens is 4. The van der Waals surface area contributed by atoms with Gasteiger partial charge in [-0.05, 0) is 25.8 Å². The maximum Gasteiger partial charge on any atom is 0.291 e. The fourth-order valence-electron chi connectivity index (χ4n) is 5.41. The van der Waals surface area contributed by atoms with E-state index in [9.17, 15) is 22.0 Å². The highest BCUT2D eigenvalue weighted by molar-refractivity contribution is 7.89. The predicted molar refractivity (Wildman–Crippen MR) is 141 cm³/mol. The number of pyridine rings is 1. The highest BCUT2D eigenvalue weighted by Gasteiger charge is 2.52. The second-order valence-electron chi connectivity index (χ2n) is 11.3. The van der Waals surface area contributed by atoms with E-state index in [1.165, 1.54) is 10.6 Å². The minimum atomic E-state index is -3.94. The number of rotatable bonds is 7. The number of alkyl halides is 2.